The highest BCUT2D eigenvalue weighted by molar-refractivity contribution is 6.33. The Labute approximate surface area is 178 Å². The van der Waals surface area contributed by atoms with Gasteiger partial charge in [-0.2, -0.15) is 5.10 Å². The molecule has 8 heteroatoms. The van der Waals surface area contributed by atoms with Crippen LogP contribution in [0.15, 0.2) is 72.0 Å². The van der Waals surface area contributed by atoms with Crippen LogP contribution in [0.25, 0.3) is 0 Å². The zero-order chi connectivity index (χ0) is 21.3. The first kappa shape index (κ1) is 21.0. The van der Waals surface area contributed by atoms with Gasteiger partial charge in [-0.3, -0.25) is 9.78 Å². The number of hydrogen-bond donors (Lipinski definition) is 1. The smallest absolute Gasteiger partial charge is 0.345 e. The molecule has 0 aliphatic carbocycles. The molecule has 1 heterocycles. The van der Waals surface area contributed by atoms with Gasteiger partial charge in [-0.25, -0.2) is 10.2 Å². The Bertz CT molecular complexity index is 1070. The van der Waals surface area contributed by atoms with Crippen LogP contribution < -0.4 is 14.9 Å². The molecular formula is C22H18ClN3O4. The SMILES string of the molecule is CCOc1cc(C=NNC(=O)c2ccccn2)ccc1OC(=O)c1ccccc1Cl. The highest BCUT2D eigenvalue weighted by Crippen LogP contribution is 2.29. The number of rotatable bonds is 7. The summed E-state index contributed by atoms with van der Waals surface area (Å²) in [4.78, 5) is 28.3. The van der Waals surface area contributed by atoms with E-state index in [4.69, 9.17) is 21.1 Å². The third-order valence-electron chi connectivity index (χ3n) is 3.84. The predicted molar refractivity (Wildman–Crippen MR) is 113 cm³/mol. The van der Waals surface area contributed by atoms with Crippen molar-refractivity contribution >= 4 is 29.7 Å². The van der Waals surface area contributed by atoms with E-state index in [0.717, 1.165) is 0 Å². The standard InChI is InChI=1S/C22H18ClN3O4/c1-2-29-20-13-15(14-25-26-21(27)18-9-5-6-12-24-18)10-11-19(20)30-22(28)16-7-3-4-8-17(16)23/h3-14H,2H2,1H3,(H,26,27). The molecule has 1 N–H and O–H groups in total. The van der Waals surface area contributed by atoms with Crippen LogP contribution in [0.4, 0.5) is 0 Å². The van der Waals surface area contributed by atoms with Gasteiger partial charge in [0.15, 0.2) is 11.5 Å². The molecule has 0 aliphatic heterocycles. The number of hydrazone groups is 1. The summed E-state index contributed by atoms with van der Waals surface area (Å²) in [5, 5.41) is 4.22. The van der Waals surface area contributed by atoms with Crippen molar-refractivity contribution in [2.45, 2.75) is 6.92 Å². The lowest BCUT2D eigenvalue weighted by Gasteiger charge is -2.12. The van der Waals surface area contributed by atoms with Crippen LogP contribution in [0, 0.1) is 0 Å². The minimum absolute atomic E-state index is 0.247. The quantitative estimate of drug-likeness (QED) is 0.267. The van der Waals surface area contributed by atoms with Gasteiger partial charge in [-0.15, -0.1) is 0 Å². The normalized spacial score (nSPS) is 10.6. The fourth-order valence-corrected chi connectivity index (χ4v) is 2.67. The average molecular weight is 424 g/mol. The molecule has 0 saturated carbocycles. The van der Waals surface area contributed by atoms with Crippen LogP contribution in [0.3, 0.4) is 0 Å². The van der Waals surface area contributed by atoms with E-state index in [-0.39, 0.29) is 17.0 Å². The third-order valence-corrected chi connectivity index (χ3v) is 4.17. The summed E-state index contributed by atoms with van der Waals surface area (Å²) < 4.78 is 11.0. The van der Waals surface area contributed by atoms with Crippen LogP contribution in [-0.4, -0.2) is 29.7 Å². The van der Waals surface area contributed by atoms with Gasteiger partial charge in [0.05, 0.1) is 23.4 Å². The van der Waals surface area contributed by atoms with E-state index in [1.54, 1.807) is 60.7 Å². The van der Waals surface area contributed by atoms with E-state index in [1.807, 2.05) is 6.92 Å². The van der Waals surface area contributed by atoms with Crippen molar-refractivity contribution in [2.75, 3.05) is 6.61 Å². The maximum absolute atomic E-state index is 12.4. The first-order valence-electron chi connectivity index (χ1n) is 9.06. The topological polar surface area (TPSA) is 89.9 Å². The van der Waals surface area contributed by atoms with Gasteiger partial charge in [-0.05, 0) is 55.0 Å². The van der Waals surface area contributed by atoms with Crippen LogP contribution in [0.5, 0.6) is 11.5 Å². The Morgan fingerprint density at radius 3 is 2.63 bits per heavy atom. The number of aromatic nitrogens is 1. The van der Waals surface area contributed by atoms with E-state index < -0.39 is 11.9 Å². The molecule has 152 valence electrons. The fraction of sp³-hybridized carbons (Fsp3) is 0.0909. The van der Waals surface area contributed by atoms with Gasteiger partial charge in [-0.1, -0.05) is 29.8 Å². The van der Waals surface area contributed by atoms with Crippen LogP contribution >= 0.6 is 11.6 Å². The van der Waals surface area contributed by atoms with Crippen molar-refractivity contribution < 1.29 is 19.1 Å². The van der Waals surface area contributed by atoms with E-state index in [2.05, 4.69) is 15.5 Å². The van der Waals surface area contributed by atoms with Crippen molar-refractivity contribution in [3.63, 3.8) is 0 Å². The molecule has 2 aromatic carbocycles. The number of nitrogens with zero attached hydrogens (tertiary/aromatic N) is 2. The highest BCUT2D eigenvalue weighted by Gasteiger charge is 2.15. The average Bonchev–Trinajstić information content (AvgIpc) is 2.76. The lowest BCUT2D eigenvalue weighted by molar-refractivity contribution is 0.0728. The van der Waals surface area contributed by atoms with Gasteiger partial charge in [0.25, 0.3) is 5.91 Å². The van der Waals surface area contributed by atoms with Crippen molar-refractivity contribution in [1.29, 1.82) is 0 Å². The molecule has 3 aromatic rings. The maximum atomic E-state index is 12.4. The van der Waals surface area contributed by atoms with Crippen molar-refractivity contribution in [3.05, 3.63) is 88.7 Å². The number of benzene rings is 2. The molecule has 0 saturated heterocycles. The molecule has 0 spiro atoms. The summed E-state index contributed by atoms with van der Waals surface area (Å²) in [6.07, 6.45) is 2.97. The summed E-state index contributed by atoms with van der Waals surface area (Å²) in [5.74, 6) is -0.415. The van der Waals surface area contributed by atoms with Gasteiger partial charge in [0.2, 0.25) is 0 Å². The van der Waals surface area contributed by atoms with E-state index in [9.17, 15) is 9.59 Å². The molecule has 0 bridgehead atoms. The minimum atomic E-state index is -0.592. The van der Waals surface area contributed by atoms with Crippen LogP contribution in [0.1, 0.15) is 33.3 Å². The summed E-state index contributed by atoms with van der Waals surface area (Å²) in [7, 11) is 0. The zero-order valence-corrected chi connectivity index (χ0v) is 16.8. The number of pyridine rings is 1. The second kappa shape index (κ2) is 10.2. The molecule has 7 nitrogen and oxygen atoms in total. The Hall–Kier alpha value is -3.71. The number of esters is 1. The molecule has 0 aliphatic rings. The predicted octanol–water partition coefficient (Wildman–Crippen LogP) is 4.12. The second-order valence-electron chi connectivity index (χ2n) is 5.92. The molecule has 0 unspecified atom stereocenters. The Morgan fingerprint density at radius 2 is 1.90 bits per heavy atom. The Kier molecular flexibility index (Phi) is 7.13. The molecule has 1 amide bonds. The van der Waals surface area contributed by atoms with Crippen molar-refractivity contribution in [1.82, 2.24) is 10.4 Å². The maximum Gasteiger partial charge on any atom is 0.345 e. The Morgan fingerprint density at radius 1 is 1.10 bits per heavy atom. The third kappa shape index (κ3) is 5.42. The van der Waals surface area contributed by atoms with Gasteiger partial charge in [0, 0.05) is 6.20 Å². The number of carbonyl (C=O) groups is 2. The molecule has 30 heavy (non-hydrogen) atoms. The molecule has 1 aromatic heterocycles. The number of hydrogen-bond acceptors (Lipinski definition) is 6. The fourth-order valence-electron chi connectivity index (χ4n) is 2.46. The summed E-state index contributed by atoms with van der Waals surface area (Å²) in [5.41, 5.74) is 3.55. The number of ether oxygens (including phenoxy) is 2. The molecule has 0 atom stereocenters. The first-order chi connectivity index (χ1) is 14.6. The number of nitrogens with one attached hydrogen (secondary N) is 1. The summed E-state index contributed by atoms with van der Waals surface area (Å²) in [6, 6.07) is 16.5. The molecule has 0 radical (unpaired) electrons. The summed E-state index contributed by atoms with van der Waals surface area (Å²) in [6.45, 7) is 2.18. The largest absolute Gasteiger partial charge is 0.490 e. The molecule has 3 rings (SSSR count). The van der Waals surface area contributed by atoms with Gasteiger partial charge < -0.3 is 9.47 Å². The van der Waals surface area contributed by atoms with Gasteiger partial charge in [0.1, 0.15) is 5.69 Å². The lowest BCUT2D eigenvalue weighted by atomic mass is 10.2. The summed E-state index contributed by atoms with van der Waals surface area (Å²) >= 11 is 6.05. The van der Waals surface area contributed by atoms with Crippen LogP contribution in [0.2, 0.25) is 5.02 Å². The van der Waals surface area contributed by atoms with E-state index >= 15 is 0 Å². The number of amides is 1. The lowest BCUT2D eigenvalue weighted by Crippen LogP contribution is -2.18. The monoisotopic (exact) mass is 423 g/mol. The molecule has 0 fully saturated rings. The minimum Gasteiger partial charge on any atom is -0.490 e. The Balaban J connectivity index is 1.72. The highest BCUT2D eigenvalue weighted by atomic mass is 35.5. The number of halogens is 1. The van der Waals surface area contributed by atoms with Crippen molar-refractivity contribution in [3.8, 4) is 11.5 Å². The molecular weight excluding hydrogens is 406 g/mol. The van der Waals surface area contributed by atoms with E-state index in [0.29, 0.717) is 22.9 Å². The number of carbonyl (C=O) groups excluding carboxylic acids is 2. The van der Waals surface area contributed by atoms with Gasteiger partial charge >= 0.3 is 5.97 Å². The van der Waals surface area contributed by atoms with E-state index in [1.165, 1.54) is 12.4 Å². The first-order valence-corrected chi connectivity index (χ1v) is 9.44. The zero-order valence-electron chi connectivity index (χ0n) is 16.0. The van der Waals surface area contributed by atoms with Crippen molar-refractivity contribution in [2.24, 2.45) is 5.10 Å². The second-order valence-corrected chi connectivity index (χ2v) is 6.33. The van der Waals surface area contributed by atoms with Crippen LogP contribution in [-0.2, 0) is 0 Å².